The predicted molar refractivity (Wildman–Crippen MR) is 85.6 cm³/mol. The summed E-state index contributed by atoms with van der Waals surface area (Å²) in [6, 6.07) is 7.86. The molecular weight excluding hydrogens is 359 g/mol. The van der Waals surface area contributed by atoms with Crippen molar-refractivity contribution in [1.29, 1.82) is 0 Å². The molecule has 0 fully saturated rings. The topological polar surface area (TPSA) is 29.5 Å². The number of benzene rings is 2. The summed E-state index contributed by atoms with van der Waals surface area (Å²) >= 11 is 9.43. The van der Waals surface area contributed by atoms with Crippen LogP contribution < -0.4 is 4.74 Å². The van der Waals surface area contributed by atoms with Gasteiger partial charge in [-0.25, -0.2) is 4.39 Å². The highest BCUT2D eigenvalue weighted by Gasteiger charge is 2.18. The number of hydrogen-bond acceptors (Lipinski definition) is 2. The quantitative estimate of drug-likeness (QED) is 0.762. The monoisotopic (exact) mass is 372 g/mol. The Hall–Kier alpha value is -1.10. The maximum absolute atomic E-state index is 13.2. The van der Waals surface area contributed by atoms with E-state index in [4.69, 9.17) is 16.3 Å². The first-order valence-corrected chi connectivity index (χ1v) is 7.51. The second-order valence-corrected chi connectivity index (χ2v) is 6.60. The van der Waals surface area contributed by atoms with E-state index in [-0.39, 0.29) is 5.02 Å². The first-order chi connectivity index (χ1) is 9.68. The van der Waals surface area contributed by atoms with E-state index in [9.17, 15) is 9.50 Å². The van der Waals surface area contributed by atoms with Crippen LogP contribution in [0.25, 0.3) is 0 Å². The lowest BCUT2D eigenvalue weighted by atomic mass is 9.99. The van der Waals surface area contributed by atoms with E-state index in [1.165, 1.54) is 12.1 Å². The second-order valence-electron chi connectivity index (χ2n) is 5.34. The van der Waals surface area contributed by atoms with Gasteiger partial charge in [-0.15, -0.1) is 0 Å². The van der Waals surface area contributed by atoms with E-state index in [2.05, 4.69) is 15.9 Å². The molecule has 2 aromatic rings. The van der Waals surface area contributed by atoms with Crippen molar-refractivity contribution in [3.63, 3.8) is 0 Å². The lowest BCUT2D eigenvalue weighted by molar-refractivity contribution is 0.0785. The van der Waals surface area contributed by atoms with Gasteiger partial charge < -0.3 is 9.84 Å². The molecular formula is C16H15BrClFO2. The van der Waals surface area contributed by atoms with E-state index < -0.39 is 11.4 Å². The van der Waals surface area contributed by atoms with Gasteiger partial charge in [0.25, 0.3) is 0 Å². The van der Waals surface area contributed by atoms with Crippen LogP contribution in [-0.2, 0) is 5.60 Å². The molecule has 2 rings (SSSR count). The fourth-order valence-electron chi connectivity index (χ4n) is 1.89. The average Bonchev–Trinajstić information content (AvgIpc) is 2.33. The zero-order valence-corrected chi connectivity index (χ0v) is 14.2. The van der Waals surface area contributed by atoms with E-state index in [0.717, 1.165) is 5.56 Å². The summed E-state index contributed by atoms with van der Waals surface area (Å²) in [6.07, 6.45) is 0. The third-order valence-electron chi connectivity index (χ3n) is 3.04. The van der Waals surface area contributed by atoms with Crippen LogP contribution in [0, 0.1) is 12.7 Å². The van der Waals surface area contributed by atoms with Crippen molar-refractivity contribution in [3.8, 4) is 11.5 Å². The summed E-state index contributed by atoms with van der Waals surface area (Å²) in [5, 5.41) is 10.2. The minimum Gasteiger partial charge on any atom is -0.454 e. The van der Waals surface area contributed by atoms with Crippen LogP contribution in [0.15, 0.2) is 34.8 Å². The van der Waals surface area contributed by atoms with Gasteiger partial charge in [-0.3, -0.25) is 0 Å². The normalized spacial score (nSPS) is 11.6. The third kappa shape index (κ3) is 3.76. The van der Waals surface area contributed by atoms with Crippen molar-refractivity contribution in [2.75, 3.05) is 0 Å². The molecule has 0 atom stereocenters. The number of halogens is 3. The van der Waals surface area contributed by atoms with Crippen molar-refractivity contribution in [2.24, 2.45) is 0 Å². The van der Waals surface area contributed by atoms with Gasteiger partial charge in [0.2, 0.25) is 0 Å². The standard InChI is InChI=1S/C16H15BrClFO2/c1-9-6-11(19)8-13(18)15(9)21-14-5-4-10(7-12(14)17)16(2,3)20/h4-8,20H,1-3H3. The lowest BCUT2D eigenvalue weighted by Crippen LogP contribution is -2.15. The van der Waals surface area contributed by atoms with Crippen molar-refractivity contribution in [3.05, 3.63) is 56.8 Å². The molecule has 112 valence electrons. The summed E-state index contributed by atoms with van der Waals surface area (Å²) in [4.78, 5) is 0. The summed E-state index contributed by atoms with van der Waals surface area (Å²) in [7, 11) is 0. The minimum absolute atomic E-state index is 0.214. The van der Waals surface area contributed by atoms with Crippen molar-refractivity contribution < 1.29 is 14.2 Å². The predicted octanol–water partition coefficient (Wildman–Crippen LogP) is 5.57. The van der Waals surface area contributed by atoms with Crippen LogP contribution in [0.5, 0.6) is 11.5 Å². The van der Waals surface area contributed by atoms with Crippen LogP contribution in [0.2, 0.25) is 5.02 Å². The van der Waals surface area contributed by atoms with Crippen molar-refractivity contribution >= 4 is 27.5 Å². The Balaban J connectivity index is 2.37. The molecule has 0 amide bonds. The average molecular weight is 374 g/mol. The molecule has 0 spiro atoms. The van der Waals surface area contributed by atoms with Gasteiger partial charge in [0.15, 0.2) is 0 Å². The van der Waals surface area contributed by atoms with Crippen LogP contribution in [0.4, 0.5) is 4.39 Å². The molecule has 0 radical (unpaired) electrons. The van der Waals surface area contributed by atoms with E-state index in [1.54, 1.807) is 39.0 Å². The van der Waals surface area contributed by atoms with Gasteiger partial charge in [0, 0.05) is 0 Å². The van der Waals surface area contributed by atoms with Gasteiger partial charge in [-0.1, -0.05) is 17.7 Å². The number of rotatable bonds is 3. The number of ether oxygens (including phenoxy) is 1. The third-order valence-corrected chi connectivity index (χ3v) is 3.94. The van der Waals surface area contributed by atoms with Crippen LogP contribution >= 0.6 is 27.5 Å². The number of hydrogen-bond donors (Lipinski definition) is 1. The molecule has 21 heavy (non-hydrogen) atoms. The highest BCUT2D eigenvalue weighted by atomic mass is 79.9. The Bertz CT molecular complexity index is 657. The molecule has 5 heteroatoms. The van der Waals surface area contributed by atoms with Gasteiger partial charge in [-0.2, -0.15) is 0 Å². The smallest absolute Gasteiger partial charge is 0.149 e. The summed E-state index contributed by atoms with van der Waals surface area (Å²) in [5.41, 5.74) is 0.423. The molecule has 0 aromatic heterocycles. The molecule has 2 aromatic carbocycles. The Labute approximate surface area is 136 Å². The zero-order valence-electron chi connectivity index (χ0n) is 11.9. The van der Waals surface area contributed by atoms with Crippen LogP contribution in [-0.4, -0.2) is 5.11 Å². The van der Waals surface area contributed by atoms with E-state index >= 15 is 0 Å². The first kappa shape index (κ1) is 16.3. The molecule has 0 aliphatic rings. The SMILES string of the molecule is Cc1cc(F)cc(Cl)c1Oc1ccc(C(C)(C)O)cc1Br. The van der Waals surface area contributed by atoms with Gasteiger partial charge >= 0.3 is 0 Å². The van der Waals surface area contributed by atoms with Crippen LogP contribution in [0.1, 0.15) is 25.0 Å². The number of aliphatic hydroxyl groups is 1. The Morgan fingerprint density at radius 2 is 1.90 bits per heavy atom. The summed E-state index contributed by atoms with van der Waals surface area (Å²) in [6.45, 7) is 5.13. The summed E-state index contributed by atoms with van der Waals surface area (Å²) in [5.74, 6) is 0.552. The van der Waals surface area contributed by atoms with Gasteiger partial charge in [-0.05, 0) is 72.1 Å². The second kappa shape index (κ2) is 5.95. The van der Waals surface area contributed by atoms with E-state index in [1.807, 2.05) is 0 Å². The zero-order chi connectivity index (χ0) is 15.8. The van der Waals surface area contributed by atoms with Gasteiger partial charge in [0.05, 0.1) is 15.1 Å². The van der Waals surface area contributed by atoms with Gasteiger partial charge in [0.1, 0.15) is 17.3 Å². The Kier molecular flexibility index (Phi) is 4.61. The Morgan fingerprint density at radius 3 is 2.43 bits per heavy atom. The molecule has 0 bridgehead atoms. The molecule has 0 saturated heterocycles. The molecule has 0 heterocycles. The fraction of sp³-hybridized carbons (Fsp3) is 0.250. The first-order valence-electron chi connectivity index (χ1n) is 6.34. The molecule has 2 nitrogen and oxygen atoms in total. The molecule has 0 unspecified atom stereocenters. The van der Waals surface area contributed by atoms with Crippen molar-refractivity contribution in [2.45, 2.75) is 26.4 Å². The molecule has 0 aliphatic heterocycles. The van der Waals surface area contributed by atoms with E-state index in [0.29, 0.717) is 21.5 Å². The lowest BCUT2D eigenvalue weighted by Gasteiger charge is -2.19. The molecule has 0 saturated carbocycles. The maximum atomic E-state index is 13.2. The maximum Gasteiger partial charge on any atom is 0.149 e. The Morgan fingerprint density at radius 1 is 1.24 bits per heavy atom. The minimum atomic E-state index is -0.940. The molecule has 1 N–H and O–H groups in total. The summed E-state index contributed by atoms with van der Waals surface area (Å²) < 4.78 is 19.7. The highest BCUT2D eigenvalue weighted by molar-refractivity contribution is 9.10. The van der Waals surface area contributed by atoms with Crippen molar-refractivity contribution in [1.82, 2.24) is 0 Å². The molecule has 0 aliphatic carbocycles. The highest BCUT2D eigenvalue weighted by Crippen LogP contribution is 2.38. The van der Waals surface area contributed by atoms with Crippen LogP contribution in [0.3, 0.4) is 0 Å². The number of aryl methyl sites for hydroxylation is 1. The fourth-order valence-corrected chi connectivity index (χ4v) is 2.64. The largest absolute Gasteiger partial charge is 0.454 e.